The third kappa shape index (κ3) is 5.02. The van der Waals surface area contributed by atoms with E-state index in [1.165, 1.54) is 11.1 Å². The summed E-state index contributed by atoms with van der Waals surface area (Å²) in [5.41, 5.74) is 4.45. The van der Waals surface area contributed by atoms with Crippen molar-refractivity contribution in [2.45, 2.75) is 45.4 Å². The van der Waals surface area contributed by atoms with E-state index in [9.17, 15) is 4.79 Å². The maximum atomic E-state index is 12.2. The standard InChI is InChI=1S/C26H31N3O4/c1-5-31-22-13-10-17(14-23(22)32-6-2)15-24-27-26(28-33-24)21-9-7-8-19-18(11-12-20(19)21)16-25(30)29(3)4/h7-10,13-14,18H,5-6,11-12,15-16H2,1-4H3/t18-/m1/s1. The molecule has 0 radical (unpaired) electrons. The number of carbonyl (C=O) groups excluding carboxylic acids is 1. The van der Waals surface area contributed by atoms with Crippen molar-refractivity contribution in [1.29, 1.82) is 0 Å². The van der Waals surface area contributed by atoms with Gasteiger partial charge in [-0.05, 0) is 61.4 Å². The van der Waals surface area contributed by atoms with Gasteiger partial charge in [0.05, 0.1) is 19.6 Å². The van der Waals surface area contributed by atoms with Crippen molar-refractivity contribution in [1.82, 2.24) is 15.0 Å². The quantitative estimate of drug-likeness (QED) is 0.474. The summed E-state index contributed by atoms with van der Waals surface area (Å²) in [6.45, 7) is 5.05. The number of hydrogen-bond donors (Lipinski definition) is 0. The number of aromatic nitrogens is 2. The van der Waals surface area contributed by atoms with Gasteiger partial charge in [0.25, 0.3) is 0 Å². The molecule has 0 fully saturated rings. The molecule has 0 saturated carbocycles. The minimum absolute atomic E-state index is 0.155. The van der Waals surface area contributed by atoms with Crippen LogP contribution in [0, 0.1) is 0 Å². The van der Waals surface area contributed by atoms with Crippen molar-refractivity contribution in [3.63, 3.8) is 0 Å². The van der Waals surface area contributed by atoms with Gasteiger partial charge in [-0.2, -0.15) is 4.98 Å². The van der Waals surface area contributed by atoms with E-state index in [4.69, 9.17) is 14.0 Å². The zero-order chi connectivity index (χ0) is 23.4. The number of amides is 1. The molecule has 2 aromatic carbocycles. The van der Waals surface area contributed by atoms with E-state index >= 15 is 0 Å². The normalized spacial score (nSPS) is 14.7. The van der Waals surface area contributed by atoms with Crippen LogP contribution in [0.25, 0.3) is 11.4 Å². The van der Waals surface area contributed by atoms with Crippen LogP contribution in [0.1, 0.15) is 55.2 Å². The van der Waals surface area contributed by atoms with E-state index in [2.05, 4.69) is 16.2 Å². The molecule has 1 heterocycles. The third-order valence-electron chi connectivity index (χ3n) is 5.99. The SMILES string of the molecule is CCOc1ccc(Cc2nc(-c3cccc4c3CC[C@@H]4CC(=O)N(C)C)no2)cc1OCC. The van der Waals surface area contributed by atoms with Gasteiger partial charge in [-0.1, -0.05) is 29.4 Å². The highest BCUT2D eigenvalue weighted by molar-refractivity contribution is 5.77. The van der Waals surface area contributed by atoms with Crippen LogP contribution in [0.5, 0.6) is 11.5 Å². The smallest absolute Gasteiger partial charge is 0.231 e. The lowest BCUT2D eigenvalue weighted by molar-refractivity contribution is -0.129. The van der Waals surface area contributed by atoms with E-state index in [-0.39, 0.29) is 11.8 Å². The summed E-state index contributed by atoms with van der Waals surface area (Å²) in [4.78, 5) is 18.6. The average molecular weight is 450 g/mol. The number of ether oxygens (including phenoxy) is 2. The molecule has 33 heavy (non-hydrogen) atoms. The van der Waals surface area contributed by atoms with Gasteiger partial charge in [0.15, 0.2) is 11.5 Å². The van der Waals surface area contributed by atoms with Gasteiger partial charge in [0.1, 0.15) is 0 Å². The Morgan fingerprint density at radius 2 is 1.91 bits per heavy atom. The largest absolute Gasteiger partial charge is 0.490 e. The van der Waals surface area contributed by atoms with E-state index in [1.807, 2.05) is 44.2 Å². The second-order valence-corrected chi connectivity index (χ2v) is 8.44. The van der Waals surface area contributed by atoms with Crippen molar-refractivity contribution in [3.8, 4) is 22.9 Å². The first-order valence-electron chi connectivity index (χ1n) is 11.5. The van der Waals surface area contributed by atoms with Crippen LogP contribution < -0.4 is 9.47 Å². The highest BCUT2D eigenvalue weighted by Crippen LogP contribution is 2.40. The number of benzene rings is 2. The molecule has 0 unspecified atom stereocenters. The van der Waals surface area contributed by atoms with Gasteiger partial charge in [0, 0.05) is 26.1 Å². The minimum atomic E-state index is 0.155. The molecule has 0 saturated heterocycles. The van der Waals surface area contributed by atoms with Crippen molar-refractivity contribution < 1.29 is 18.8 Å². The lowest BCUT2D eigenvalue weighted by Crippen LogP contribution is -2.23. The number of hydrogen-bond acceptors (Lipinski definition) is 6. The molecule has 7 heteroatoms. The molecule has 1 aliphatic rings. The number of nitrogens with zero attached hydrogens (tertiary/aromatic N) is 3. The fourth-order valence-corrected chi connectivity index (χ4v) is 4.37. The molecule has 0 bridgehead atoms. The summed E-state index contributed by atoms with van der Waals surface area (Å²) in [7, 11) is 3.61. The van der Waals surface area contributed by atoms with Crippen LogP contribution in [0.3, 0.4) is 0 Å². The van der Waals surface area contributed by atoms with Gasteiger partial charge in [-0.25, -0.2) is 0 Å². The zero-order valence-corrected chi connectivity index (χ0v) is 19.8. The lowest BCUT2D eigenvalue weighted by atomic mass is 9.95. The van der Waals surface area contributed by atoms with Crippen LogP contribution >= 0.6 is 0 Å². The summed E-state index contributed by atoms with van der Waals surface area (Å²) in [6.07, 6.45) is 2.91. The Morgan fingerprint density at radius 3 is 2.67 bits per heavy atom. The Kier molecular flexibility index (Phi) is 6.96. The van der Waals surface area contributed by atoms with Crippen LogP contribution in [-0.2, 0) is 17.6 Å². The fraction of sp³-hybridized carbons (Fsp3) is 0.423. The zero-order valence-electron chi connectivity index (χ0n) is 19.8. The maximum absolute atomic E-state index is 12.2. The van der Waals surface area contributed by atoms with Crippen LogP contribution in [0.4, 0.5) is 0 Å². The molecule has 0 N–H and O–H groups in total. The number of carbonyl (C=O) groups is 1. The molecule has 0 spiro atoms. The fourth-order valence-electron chi connectivity index (χ4n) is 4.37. The van der Waals surface area contributed by atoms with E-state index in [0.717, 1.165) is 35.5 Å². The van der Waals surface area contributed by atoms with Crippen molar-refractivity contribution >= 4 is 5.91 Å². The van der Waals surface area contributed by atoms with Crippen molar-refractivity contribution in [2.24, 2.45) is 0 Å². The molecule has 1 aromatic heterocycles. The Balaban J connectivity index is 1.54. The van der Waals surface area contributed by atoms with Crippen molar-refractivity contribution in [2.75, 3.05) is 27.3 Å². The lowest BCUT2D eigenvalue weighted by Gasteiger charge is -2.15. The first-order chi connectivity index (χ1) is 16.0. The van der Waals surface area contributed by atoms with Gasteiger partial charge in [-0.15, -0.1) is 0 Å². The molecular weight excluding hydrogens is 418 g/mol. The Hall–Kier alpha value is -3.35. The Morgan fingerprint density at radius 1 is 1.12 bits per heavy atom. The highest BCUT2D eigenvalue weighted by atomic mass is 16.5. The van der Waals surface area contributed by atoms with E-state index in [1.54, 1.807) is 19.0 Å². The molecule has 1 aliphatic carbocycles. The molecular formula is C26H31N3O4. The second kappa shape index (κ2) is 10.1. The van der Waals surface area contributed by atoms with Gasteiger partial charge < -0.3 is 18.9 Å². The molecule has 7 nitrogen and oxygen atoms in total. The molecule has 4 rings (SSSR count). The number of rotatable bonds is 9. The molecule has 174 valence electrons. The molecule has 3 aromatic rings. The highest BCUT2D eigenvalue weighted by Gasteiger charge is 2.28. The molecule has 1 atom stereocenters. The summed E-state index contributed by atoms with van der Waals surface area (Å²) < 4.78 is 17.0. The Bertz CT molecular complexity index is 1120. The number of fused-ring (bicyclic) bond motifs is 1. The summed E-state index contributed by atoms with van der Waals surface area (Å²) in [5.74, 6) is 2.99. The van der Waals surface area contributed by atoms with Crippen LogP contribution in [0.2, 0.25) is 0 Å². The predicted molar refractivity (Wildman–Crippen MR) is 126 cm³/mol. The maximum Gasteiger partial charge on any atom is 0.231 e. The summed E-state index contributed by atoms with van der Waals surface area (Å²) in [5, 5.41) is 4.26. The average Bonchev–Trinajstić information content (AvgIpc) is 3.43. The van der Waals surface area contributed by atoms with Gasteiger partial charge >= 0.3 is 0 Å². The molecule has 0 aliphatic heterocycles. The van der Waals surface area contributed by atoms with Gasteiger partial charge in [0.2, 0.25) is 17.6 Å². The van der Waals surface area contributed by atoms with Crippen molar-refractivity contribution in [3.05, 3.63) is 59.0 Å². The monoisotopic (exact) mass is 449 g/mol. The first-order valence-corrected chi connectivity index (χ1v) is 11.5. The predicted octanol–water partition coefficient (Wildman–Crippen LogP) is 4.63. The topological polar surface area (TPSA) is 77.7 Å². The second-order valence-electron chi connectivity index (χ2n) is 8.44. The third-order valence-corrected chi connectivity index (χ3v) is 5.99. The van der Waals surface area contributed by atoms with E-state index < -0.39 is 0 Å². The summed E-state index contributed by atoms with van der Waals surface area (Å²) in [6, 6.07) is 12.0. The van der Waals surface area contributed by atoms with Gasteiger partial charge in [-0.3, -0.25) is 4.79 Å². The molecule has 1 amide bonds. The van der Waals surface area contributed by atoms with E-state index in [0.29, 0.717) is 37.8 Å². The summed E-state index contributed by atoms with van der Waals surface area (Å²) >= 11 is 0. The first kappa shape index (κ1) is 22.8. The Labute approximate surface area is 194 Å². The van der Waals surface area contributed by atoms with Crippen LogP contribution in [-0.4, -0.2) is 48.3 Å². The minimum Gasteiger partial charge on any atom is -0.490 e. The van der Waals surface area contributed by atoms with Crippen LogP contribution in [0.15, 0.2) is 40.9 Å².